The molecule has 198 valence electrons. The minimum Gasteiger partial charge on any atom is -0.444 e. The molecule has 0 aromatic carbocycles. The van der Waals surface area contributed by atoms with Gasteiger partial charge < -0.3 is 19.3 Å². The smallest absolute Gasteiger partial charge is 0.411 e. The van der Waals surface area contributed by atoms with Crippen LogP contribution in [0.2, 0.25) is 0 Å². The number of ether oxygens (including phenoxy) is 2. The lowest BCUT2D eigenvalue weighted by Gasteiger charge is -2.38. The molecule has 2 fully saturated rings. The van der Waals surface area contributed by atoms with Crippen molar-refractivity contribution >= 4 is 39.4 Å². The third-order valence-corrected chi connectivity index (χ3v) is 7.18. The van der Waals surface area contributed by atoms with E-state index in [1.165, 1.54) is 17.3 Å². The molecule has 0 radical (unpaired) electrons. The van der Waals surface area contributed by atoms with Gasteiger partial charge in [-0.15, -0.1) is 11.3 Å². The lowest BCUT2D eigenvalue weighted by atomic mass is 10.1. The molecule has 9 nitrogen and oxygen atoms in total. The molecule has 2 aromatic rings. The monoisotopic (exact) mass is 529 g/mol. The van der Waals surface area contributed by atoms with Gasteiger partial charge in [0.1, 0.15) is 28.6 Å². The first-order valence-corrected chi connectivity index (χ1v) is 12.5. The zero-order valence-electron chi connectivity index (χ0n) is 20.7. The first kappa shape index (κ1) is 26.4. The van der Waals surface area contributed by atoms with E-state index in [1.54, 1.807) is 32.8 Å². The summed E-state index contributed by atoms with van der Waals surface area (Å²) in [7, 11) is 1.55. The largest absolute Gasteiger partial charge is 0.444 e. The number of anilines is 1. The molecular formula is C23H30F3N5O4S. The summed E-state index contributed by atoms with van der Waals surface area (Å²) in [5.41, 5.74) is -0.689. The predicted molar refractivity (Wildman–Crippen MR) is 128 cm³/mol. The number of alkyl halides is 3. The SMILES string of the molecule is CO[C@H]1C[C@@H](C(=O)N2CCN(c3ncnc4sc(CC(F)(F)F)cc34)CC2)N(C(=O)OC(C)(C)C)C1. The van der Waals surface area contributed by atoms with Crippen molar-refractivity contribution in [3.63, 3.8) is 0 Å². The number of fused-ring (bicyclic) bond motifs is 1. The van der Waals surface area contributed by atoms with Crippen LogP contribution in [-0.4, -0.2) is 95.5 Å². The second-order valence-corrected chi connectivity index (χ2v) is 11.1. The topological polar surface area (TPSA) is 88.1 Å². The average molecular weight is 530 g/mol. The van der Waals surface area contributed by atoms with Gasteiger partial charge in [0.25, 0.3) is 0 Å². The normalized spacial score (nSPS) is 21.4. The summed E-state index contributed by atoms with van der Waals surface area (Å²) in [6.07, 6.45) is -4.37. The molecule has 4 heterocycles. The van der Waals surface area contributed by atoms with Gasteiger partial charge in [0.15, 0.2) is 0 Å². The number of carbonyl (C=O) groups is 2. The molecule has 2 saturated heterocycles. The van der Waals surface area contributed by atoms with Gasteiger partial charge >= 0.3 is 12.3 Å². The summed E-state index contributed by atoms with van der Waals surface area (Å²) in [4.78, 5) is 40.4. The highest BCUT2D eigenvalue weighted by atomic mass is 32.1. The van der Waals surface area contributed by atoms with Crippen LogP contribution in [0.1, 0.15) is 32.1 Å². The number of hydrogen-bond donors (Lipinski definition) is 0. The summed E-state index contributed by atoms with van der Waals surface area (Å²) in [5, 5.41) is 0.580. The number of hydrogen-bond acceptors (Lipinski definition) is 8. The minimum absolute atomic E-state index is 0.170. The zero-order valence-corrected chi connectivity index (χ0v) is 21.5. The molecule has 0 bridgehead atoms. The van der Waals surface area contributed by atoms with Gasteiger partial charge in [-0.2, -0.15) is 13.2 Å². The van der Waals surface area contributed by atoms with Crippen LogP contribution in [0.15, 0.2) is 12.4 Å². The van der Waals surface area contributed by atoms with Crippen molar-refractivity contribution in [1.82, 2.24) is 19.8 Å². The number of amides is 2. The molecule has 2 amide bonds. The lowest BCUT2D eigenvalue weighted by Crippen LogP contribution is -2.55. The van der Waals surface area contributed by atoms with E-state index in [2.05, 4.69) is 9.97 Å². The highest BCUT2D eigenvalue weighted by molar-refractivity contribution is 7.18. The van der Waals surface area contributed by atoms with E-state index >= 15 is 0 Å². The van der Waals surface area contributed by atoms with Crippen molar-refractivity contribution in [1.29, 1.82) is 0 Å². The van der Waals surface area contributed by atoms with Crippen molar-refractivity contribution in [3.05, 3.63) is 17.3 Å². The molecular weight excluding hydrogens is 499 g/mol. The van der Waals surface area contributed by atoms with Crippen LogP contribution in [0.4, 0.5) is 23.8 Å². The Kier molecular flexibility index (Phi) is 7.33. The van der Waals surface area contributed by atoms with Crippen LogP contribution in [0, 0.1) is 0 Å². The number of thiophene rings is 1. The summed E-state index contributed by atoms with van der Waals surface area (Å²) >= 11 is 1.01. The summed E-state index contributed by atoms with van der Waals surface area (Å²) in [5.74, 6) is 0.392. The third kappa shape index (κ3) is 6.00. The Morgan fingerprint density at radius 1 is 1.14 bits per heavy atom. The zero-order chi connectivity index (χ0) is 26.3. The maximum Gasteiger partial charge on any atom is 0.411 e. The summed E-state index contributed by atoms with van der Waals surface area (Å²) in [6, 6.07) is 0.826. The number of halogens is 3. The van der Waals surface area contributed by atoms with E-state index < -0.39 is 30.3 Å². The molecule has 2 aliphatic heterocycles. The highest BCUT2D eigenvalue weighted by Crippen LogP contribution is 2.34. The fourth-order valence-corrected chi connectivity index (χ4v) is 5.52. The molecule has 0 spiro atoms. The van der Waals surface area contributed by atoms with Crippen molar-refractivity contribution in [2.75, 3.05) is 44.7 Å². The lowest BCUT2D eigenvalue weighted by molar-refractivity contribution is -0.136. The van der Waals surface area contributed by atoms with Gasteiger partial charge in [-0.1, -0.05) is 0 Å². The molecule has 36 heavy (non-hydrogen) atoms. The van der Waals surface area contributed by atoms with E-state index in [0.717, 1.165) is 11.3 Å². The fraction of sp³-hybridized carbons (Fsp3) is 0.652. The minimum atomic E-state index is -4.30. The number of likely N-dealkylation sites (tertiary alicyclic amines) is 1. The van der Waals surface area contributed by atoms with Crippen LogP contribution in [0.25, 0.3) is 10.2 Å². The van der Waals surface area contributed by atoms with Crippen LogP contribution < -0.4 is 4.90 Å². The Morgan fingerprint density at radius 3 is 2.44 bits per heavy atom. The Bertz CT molecular complexity index is 1110. The maximum atomic E-state index is 13.4. The number of methoxy groups -OCH3 is 1. The van der Waals surface area contributed by atoms with Crippen LogP contribution in [-0.2, 0) is 20.7 Å². The Labute approximate surface area is 211 Å². The number of piperazine rings is 1. The van der Waals surface area contributed by atoms with E-state index in [0.29, 0.717) is 48.6 Å². The Morgan fingerprint density at radius 2 is 1.83 bits per heavy atom. The first-order valence-electron chi connectivity index (χ1n) is 11.7. The quantitative estimate of drug-likeness (QED) is 0.599. The van der Waals surface area contributed by atoms with Gasteiger partial charge in [0, 0.05) is 44.6 Å². The van der Waals surface area contributed by atoms with Crippen LogP contribution >= 0.6 is 11.3 Å². The highest BCUT2D eigenvalue weighted by Gasteiger charge is 2.43. The third-order valence-electron chi connectivity index (χ3n) is 6.13. The molecule has 13 heteroatoms. The predicted octanol–water partition coefficient (Wildman–Crippen LogP) is 3.47. The second kappa shape index (κ2) is 10.0. The van der Waals surface area contributed by atoms with Gasteiger partial charge in [-0.25, -0.2) is 14.8 Å². The number of nitrogens with zero attached hydrogens (tertiary/aromatic N) is 5. The molecule has 0 N–H and O–H groups in total. The summed E-state index contributed by atoms with van der Waals surface area (Å²) < 4.78 is 49.5. The molecule has 0 saturated carbocycles. The van der Waals surface area contributed by atoms with E-state index in [-0.39, 0.29) is 23.4 Å². The van der Waals surface area contributed by atoms with Crippen molar-refractivity contribution in [2.24, 2.45) is 0 Å². The van der Waals surface area contributed by atoms with E-state index in [1.807, 2.05) is 4.90 Å². The van der Waals surface area contributed by atoms with Crippen LogP contribution in [0.5, 0.6) is 0 Å². The average Bonchev–Trinajstić information content (AvgIpc) is 3.40. The Hall–Kier alpha value is -2.67. The number of carbonyl (C=O) groups excluding carboxylic acids is 2. The second-order valence-electron chi connectivity index (χ2n) is 9.98. The van der Waals surface area contributed by atoms with Gasteiger partial charge in [-0.3, -0.25) is 9.69 Å². The maximum absolute atomic E-state index is 13.4. The molecule has 2 atom stereocenters. The standard InChI is InChI=1S/C23H30F3N5O4S/c1-22(2,3)35-21(33)31-12-14(34-4)9-17(31)20(32)30-7-5-29(6-8-30)18-16-10-15(11-23(24,25)26)36-19(16)28-13-27-18/h10,13-14,17H,5-9,11-12H2,1-4H3/t14-,17-/m0/s1. The molecule has 2 aromatic heterocycles. The molecule has 0 aliphatic carbocycles. The molecule has 0 unspecified atom stereocenters. The fourth-order valence-electron chi connectivity index (χ4n) is 4.50. The summed E-state index contributed by atoms with van der Waals surface area (Å²) in [6.45, 7) is 7.28. The number of rotatable bonds is 4. The van der Waals surface area contributed by atoms with E-state index in [9.17, 15) is 22.8 Å². The molecule has 2 aliphatic rings. The number of aromatic nitrogens is 2. The van der Waals surface area contributed by atoms with Crippen molar-refractivity contribution in [3.8, 4) is 0 Å². The molecule has 4 rings (SSSR count). The van der Waals surface area contributed by atoms with Crippen molar-refractivity contribution in [2.45, 2.75) is 57.5 Å². The first-order chi connectivity index (χ1) is 16.8. The van der Waals surface area contributed by atoms with Gasteiger partial charge in [0.2, 0.25) is 5.91 Å². The Balaban J connectivity index is 1.44. The van der Waals surface area contributed by atoms with Crippen molar-refractivity contribution < 1.29 is 32.2 Å². The van der Waals surface area contributed by atoms with E-state index in [4.69, 9.17) is 9.47 Å². The van der Waals surface area contributed by atoms with Crippen LogP contribution in [0.3, 0.4) is 0 Å². The van der Waals surface area contributed by atoms with Gasteiger partial charge in [0.05, 0.1) is 24.5 Å². The van der Waals surface area contributed by atoms with Gasteiger partial charge in [-0.05, 0) is 26.8 Å².